The molecule has 0 radical (unpaired) electrons. The van der Waals surface area contributed by atoms with E-state index < -0.39 is 35.8 Å². The van der Waals surface area contributed by atoms with E-state index in [1.807, 2.05) is 0 Å². The maximum Gasteiger partial charge on any atom is 4.00 e. The quantitative estimate of drug-likeness (QED) is 0.589. The summed E-state index contributed by atoms with van der Waals surface area (Å²) in [7, 11) is 0. The first kappa shape index (κ1) is 39.2. The molecule has 0 fully saturated rings. The molecule has 0 spiro atoms. The Hall–Kier alpha value is 0.0243. The molecular formula is C17H38O6Ti. The average Bonchev–Trinajstić information content (AvgIpc) is 2.10. The average molecular weight is 386 g/mol. The Morgan fingerprint density at radius 3 is 0.708 bits per heavy atom. The Kier molecular flexibility index (Phi) is 41.3. The second-order valence-electron chi connectivity index (χ2n) is 6.75. The van der Waals surface area contributed by atoms with Crippen molar-refractivity contribution >= 4 is 5.97 Å². The van der Waals surface area contributed by atoms with Crippen molar-refractivity contribution in [2.24, 2.45) is 5.41 Å². The molecule has 0 aromatic carbocycles. The van der Waals surface area contributed by atoms with Gasteiger partial charge in [0.05, 0.1) is 5.41 Å². The van der Waals surface area contributed by atoms with Crippen LogP contribution in [-0.4, -0.2) is 35.5 Å². The smallest absolute Gasteiger partial charge is 0.852 e. The fourth-order valence-electron chi connectivity index (χ4n) is 0. The van der Waals surface area contributed by atoms with E-state index in [4.69, 9.17) is 5.11 Å². The van der Waals surface area contributed by atoms with Gasteiger partial charge < -0.3 is 25.5 Å². The molecule has 0 aliphatic heterocycles. The zero-order chi connectivity index (χ0) is 20.4. The van der Waals surface area contributed by atoms with Crippen LogP contribution in [0, 0.1) is 5.41 Å². The topological polar surface area (TPSA) is 130 Å². The predicted octanol–water partition coefficient (Wildman–Crippen LogP) is 0.135. The molecule has 146 valence electrons. The maximum atomic E-state index is 10.0. The van der Waals surface area contributed by atoms with E-state index in [0.717, 1.165) is 0 Å². The number of hydrogen-bond acceptors (Lipinski definition) is 5. The van der Waals surface area contributed by atoms with Gasteiger partial charge in [0.25, 0.3) is 0 Å². The van der Waals surface area contributed by atoms with Gasteiger partial charge in [0.2, 0.25) is 0 Å². The summed E-state index contributed by atoms with van der Waals surface area (Å²) in [5, 5.41) is 46.4. The third kappa shape index (κ3) is 268. The van der Waals surface area contributed by atoms with Crippen LogP contribution in [0.4, 0.5) is 0 Å². The number of carboxylic acids is 1. The standard InChI is InChI=1S/C5H10O2.4C3H7O.Ti/c1-5(2,3)4(6)7;4*1-3(2)4;/h1-3H3,(H,6,7);4*3H,1-2H3;/q;4*-1;+4. The Morgan fingerprint density at radius 1 is 0.667 bits per heavy atom. The number of rotatable bonds is 0. The molecule has 0 saturated heterocycles. The SMILES string of the molecule is CC(C)(C)C(=O)O.CC(C)[O-].CC(C)[O-].CC(C)[O-].CC(C)[O-].[Ti+4]. The molecule has 7 heteroatoms. The molecule has 0 saturated carbocycles. The zero-order valence-electron chi connectivity index (χ0n) is 17.3. The first-order chi connectivity index (χ1) is 9.87. The van der Waals surface area contributed by atoms with Crippen LogP contribution in [0.3, 0.4) is 0 Å². The van der Waals surface area contributed by atoms with Crippen LogP contribution in [0.2, 0.25) is 0 Å². The summed E-state index contributed by atoms with van der Waals surface area (Å²) in [4.78, 5) is 10.0. The van der Waals surface area contributed by atoms with Crippen molar-refractivity contribution in [3.8, 4) is 0 Å². The number of carboxylic acid groups (broad SMARTS) is 1. The van der Waals surface area contributed by atoms with Gasteiger partial charge in [-0.2, -0.15) is 0 Å². The number of carbonyl (C=O) groups is 1. The van der Waals surface area contributed by atoms with Crippen molar-refractivity contribution < 1.29 is 52.0 Å². The van der Waals surface area contributed by atoms with Gasteiger partial charge >= 0.3 is 27.7 Å². The third-order valence-corrected chi connectivity index (χ3v) is 0.642. The van der Waals surface area contributed by atoms with Gasteiger partial charge in [0.15, 0.2) is 0 Å². The van der Waals surface area contributed by atoms with Gasteiger partial charge in [-0.1, -0.05) is 55.4 Å². The zero-order valence-corrected chi connectivity index (χ0v) is 18.9. The normalized spacial score (nSPS) is 9.29. The summed E-state index contributed by atoms with van der Waals surface area (Å²) in [6.45, 7) is 17.9. The summed E-state index contributed by atoms with van der Waals surface area (Å²) >= 11 is 0. The largest absolute Gasteiger partial charge is 4.00 e. The van der Waals surface area contributed by atoms with Crippen molar-refractivity contribution in [2.75, 3.05) is 0 Å². The van der Waals surface area contributed by atoms with Crippen molar-refractivity contribution in [1.82, 2.24) is 0 Å². The first-order valence-corrected chi connectivity index (χ1v) is 7.74. The summed E-state index contributed by atoms with van der Waals surface area (Å²) in [5.41, 5.74) is -0.583. The molecule has 1 N–H and O–H groups in total. The molecule has 0 bridgehead atoms. The van der Waals surface area contributed by atoms with Gasteiger partial charge in [0, 0.05) is 0 Å². The summed E-state index contributed by atoms with van der Waals surface area (Å²) in [6.07, 6.45) is -1.67. The van der Waals surface area contributed by atoms with Gasteiger partial charge in [-0.25, -0.2) is 0 Å². The number of aliphatic carboxylic acids is 1. The molecular weight excluding hydrogens is 348 g/mol. The molecule has 24 heavy (non-hydrogen) atoms. The second-order valence-corrected chi connectivity index (χ2v) is 6.75. The van der Waals surface area contributed by atoms with E-state index >= 15 is 0 Å². The second kappa shape index (κ2) is 25.3. The van der Waals surface area contributed by atoms with E-state index in [-0.39, 0.29) is 21.7 Å². The molecule has 0 aromatic heterocycles. The van der Waals surface area contributed by atoms with E-state index in [0.29, 0.717) is 0 Å². The van der Waals surface area contributed by atoms with E-state index in [9.17, 15) is 25.2 Å². The monoisotopic (exact) mass is 386 g/mol. The predicted molar refractivity (Wildman–Crippen MR) is 87.6 cm³/mol. The minimum Gasteiger partial charge on any atom is -0.852 e. The Morgan fingerprint density at radius 2 is 0.708 bits per heavy atom. The minimum absolute atomic E-state index is 0. The van der Waals surface area contributed by atoms with Crippen LogP contribution in [-0.2, 0) is 26.5 Å². The first-order valence-electron chi connectivity index (χ1n) is 7.74. The molecule has 0 atom stereocenters. The summed E-state index contributed by atoms with van der Waals surface area (Å²) in [6, 6.07) is 0. The van der Waals surface area contributed by atoms with E-state index in [1.54, 1.807) is 76.2 Å². The van der Waals surface area contributed by atoms with Crippen molar-refractivity contribution in [3.05, 3.63) is 0 Å². The Balaban J connectivity index is -0.0000000429. The van der Waals surface area contributed by atoms with Gasteiger partial charge in [0.1, 0.15) is 0 Å². The van der Waals surface area contributed by atoms with E-state index in [2.05, 4.69) is 0 Å². The molecule has 0 heterocycles. The van der Waals surface area contributed by atoms with Crippen molar-refractivity contribution in [2.45, 2.75) is 101 Å². The Bertz CT molecular complexity index is 189. The molecule has 6 nitrogen and oxygen atoms in total. The van der Waals surface area contributed by atoms with Crippen LogP contribution >= 0.6 is 0 Å². The fraction of sp³-hybridized carbons (Fsp3) is 0.941. The Labute approximate surface area is 164 Å². The van der Waals surface area contributed by atoms with Crippen LogP contribution in [0.15, 0.2) is 0 Å². The molecule has 0 aromatic rings. The van der Waals surface area contributed by atoms with Crippen LogP contribution in [0.1, 0.15) is 76.2 Å². The fourth-order valence-corrected chi connectivity index (χ4v) is 0. The van der Waals surface area contributed by atoms with Crippen molar-refractivity contribution in [1.29, 1.82) is 0 Å². The van der Waals surface area contributed by atoms with Crippen LogP contribution in [0.25, 0.3) is 0 Å². The van der Waals surface area contributed by atoms with E-state index in [1.165, 1.54) is 0 Å². The van der Waals surface area contributed by atoms with Gasteiger partial charge in [-0.3, -0.25) is 4.79 Å². The summed E-state index contributed by atoms with van der Waals surface area (Å²) < 4.78 is 0. The van der Waals surface area contributed by atoms with Crippen LogP contribution in [0.5, 0.6) is 0 Å². The summed E-state index contributed by atoms with van der Waals surface area (Å²) in [5.74, 6) is -0.757. The minimum atomic E-state index is -0.757. The number of hydrogen-bond donors (Lipinski definition) is 1. The van der Waals surface area contributed by atoms with Gasteiger partial charge in [-0.05, 0) is 20.8 Å². The molecule has 0 rings (SSSR count). The third-order valence-electron chi connectivity index (χ3n) is 0.642. The maximum absolute atomic E-state index is 10.0. The molecule has 0 unspecified atom stereocenters. The molecule has 0 aliphatic rings. The molecule has 0 amide bonds. The molecule has 0 aliphatic carbocycles. The van der Waals surface area contributed by atoms with Crippen molar-refractivity contribution in [3.63, 3.8) is 0 Å². The van der Waals surface area contributed by atoms with Crippen LogP contribution < -0.4 is 20.4 Å². The van der Waals surface area contributed by atoms with Gasteiger partial charge in [-0.15, -0.1) is 24.4 Å².